The predicted octanol–water partition coefficient (Wildman–Crippen LogP) is 5.75. The lowest BCUT2D eigenvalue weighted by Crippen LogP contribution is -2.35. The molecule has 1 atom stereocenters. The molecule has 0 aliphatic rings. The summed E-state index contributed by atoms with van der Waals surface area (Å²) in [6.45, 7) is 8.25. The first-order valence-corrected chi connectivity index (χ1v) is 8.68. The highest BCUT2D eigenvalue weighted by atomic mass is 19.4. The Morgan fingerprint density at radius 3 is 2.44 bits per heavy atom. The van der Waals surface area contributed by atoms with Crippen molar-refractivity contribution in [3.05, 3.63) is 54.1 Å². The van der Waals surface area contributed by atoms with Gasteiger partial charge in [0.25, 0.3) is 0 Å². The number of fused-ring (bicyclic) bond motifs is 1. The molecule has 6 heteroatoms. The van der Waals surface area contributed by atoms with Crippen LogP contribution in [0.3, 0.4) is 0 Å². The van der Waals surface area contributed by atoms with Crippen LogP contribution in [0.1, 0.15) is 32.3 Å². The summed E-state index contributed by atoms with van der Waals surface area (Å²) in [6, 6.07) is 11.7. The van der Waals surface area contributed by atoms with Crippen LogP contribution in [0.25, 0.3) is 10.8 Å². The smallest absolute Gasteiger partial charge is 0.422 e. The summed E-state index contributed by atoms with van der Waals surface area (Å²) in [7, 11) is 0. The summed E-state index contributed by atoms with van der Waals surface area (Å²) in [6.07, 6.45) is -4.20. The zero-order valence-corrected chi connectivity index (χ0v) is 15.7. The van der Waals surface area contributed by atoms with E-state index in [1.54, 1.807) is 13.8 Å². The lowest BCUT2D eigenvalue weighted by atomic mass is 9.99. The lowest BCUT2D eigenvalue weighted by molar-refractivity contribution is -0.164. The molecule has 0 saturated heterocycles. The summed E-state index contributed by atoms with van der Waals surface area (Å²) >= 11 is 0. The molecule has 0 aliphatic heterocycles. The molecule has 0 heterocycles. The van der Waals surface area contributed by atoms with E-state index in [0.717, 1.165) is 22.1 Å². The summed E-state index contributed by atoms with van der Waals surface area (Å²) in [5.74, 6) is -0.731. The number of ether oxygens (including phenoxy) is 2. The molecule has 3 nitrogen and oxygen atoms in total. The van der Waals surface area contributed by atoms with Gasteiger partial charge in [-0.3, -0.25) is 0 Å². The third kappa shape index (κ3) is 5.02. The molecule has 0 saturated carbocycles. The Morgan fingerprint density at radius 1 is 1.15 bits per heavy atom. The Labute approximate surface area is 156 Å². The van der Waals surface area contributed by atoms with Gasteiger partial charge in [-0.05, 0) is 31.2 Å². The maximum absolute atomic E-state index is 12.6. The molecule has 1 unspecified atom stereocenters. The van der Waals surface area contributed by atoms with Crippen molar-refractivity contribution in [2.24, 2.45) is 0 Å². The lowest BCUT2D eigenvalue weighted by Gasteiger charge is -2.29. The maximum Gasteiger partial charge on any atom is 0.422 e. The molecule has 0 amide bonds. The normalized spacial score (nSPS) is 13.9. The van der Waals surface area contributed by atoms with Gasteiger partial charge in [-0.2, -0.15) is 13.2 Å². The SMILES string of the molecule is C=C(C(=O)OC(C)(CC)CCOc1c(C)ccc2ccccc12)C(F)(F)F. The largest absolute Gasteiger partial charge is 0.493 e. The van der Waals surface area contributed by atoms with Crippen molar-refractivity contribution in [2.45, 2.75) is 45.4 Å². The third-order valence-electron chi connectivity index (χ3n) is 4.63. The first kappa shape index (κ1) is 20.8. The standard InChI is InChI=1S/C21H23F3O3/c1-5-20(4,27-19(25)15(3)21(22,23)24)12-13-26-18-14(2)10-11-16-8-6-7-9-17(16)18/h6-11H,3,5,12-13H2,1-2,4H3. The van der Waals surface area contributed by atoms with Crippen LogP contribution in [-0.4, -0.2) is 24.4 Å². The summed E-state index contributed by atoms with van der Waals surface area (Å²) in [5, 5.41) is 1.99. The number of benzene rings is 2. The first-order chi connectivity index (χ1) is 12.6. The van der Waals surface area contributed by atoms with E-state index < -0.39 is 23.3 Å². The van der Waals surface area contributed by atoms with Crippen molar-refractivity contribution < 1.29 is 27.4 Å². The fourth-order valence-electron chi connectivity index (χ4n) is 2.61. The van der Waals surface area contributed by atoms with Crippen LogP contribution in [0, 0.1) is 6.92 Å². The highest BCUT2D eigenvalue weighted by Crippen LogP contribution is 2.31. The maximum atomic E-state index is 12.6. The summed E-state index contributed by atoms with van der Waals surface area (Å²) in [4.78, 5) is 11.7. The van der Waals surface area contributed by atoms with Gasteiger partial charge in [0.1, 0.15) is 16.9 Å². The Hall–Kier alpha value is -2.50. The number of rotatable bonds is 7. The number of hydrogen-bond donors (Lipinski definition) is 0. The molecule has 0 aliphatic carbocycles. The predicted molar refractivity (Wildman–Crippen MR) is 98.8 cm³/mol. The molecule has 2 rings (SSSR count). The van der Waals surface area contributed by atoms with Crippen molar-refractivity contribution in [3.8, 4) is 5.75 Å². The highest BCUT2D eigenvalue weighted by Gasteiger charge is 2.40. The van der Waals surface area contributed by atoms with Crippen LogP contribution in [0.4, 0.5) is 13.2 Å². The second kappa shape index (κ2) is 8.03. The van der Waals surface area contributed by atoms with Crippen molar-refractivity contribution >= 4 is 16.7 Å². The van der Waals surface area contributed by atoms with Gasteiger partial charge in [0.05, 0.1) is 6.61 Å². The number of alkyl halides is 3. The van der Waals surface area contributed by atoms with Gasteiger partial charge in [-0.1, -0.05) is 49.9 Å². The number of carbonyl (C=O) groups excluding carboxylic acids is 1. The van der Waals surface area contributed by atoms with Crippen LogP contribution in [-0.2, 0) is 9.53 Å². The Morgan fingerprint density at radius 2 is 1.81 bits per heavy atom. The molecule has 146 valence electrons. The molecule has 0 bridgehead atoms. The number of esters is 1. The second-order valence-corrected chi connectivity index (χ2v) is 6.70. The molecule has 2 aromatic rings. The molecule has 0 aromatic heterocycles. The molecular weight excluding hydrogens is 357 g/mol. The molecule has 2 aromatic carbocycles. The quantitative estimate of drug-likeness (QED) is 0.453. The van der Waals surface area contributed by atoms with Crippen molar-refractivity contribution in [1.29, 1.82) is 0 Å². The Kier molecular flexibility index (Phi) is 6.19. The van der Waals surface area contributed by atoms with Crippen LogP contribution >= 0.6 is 0 Å². The Balaban J connectivity index is 2.07. The summed E-state index contributed by atoms with van der Waals surface area (Å²) < 4.78 is 48.9. The zero-order chi connectivity index (χ0) is 20.2. The highest BCUT2D eigenvalue weighted by molar-refractivity contribution is 5.90. The van der Waals surface area contributed by atoms with E-state index in [-0.39, 0.29) is 13.0 Å². The fourth-order valence-corrected chi connectivity index (χ4v) is 2.61. The van der Waals surface area contributed by atoms with E-state index >= 15 is 0 Å². The van der Waals surface area contributed by atoms with Crippen molar-refractivity contribution in [3.63, 3.8) is 0 Å². The van der Waals surface area contributed by atoms with E-state index in [1.165, 1.54) is 0 Å². The van der Waals surface area contributed by atoms with Crippen LogP contribution < -0.4 is 4.74 Å². The molecule has 0 fully saturated rings. The number of carbonyl (C=O) groups is 1. The molecular formula is C21H23F3O3. The molecule has 0 radical (unpaired) electrons. The fraction of sp³-hybridized carbons (Fsp3) is 0.381. The zero-order valence-electron chi connectivity index (χ0n) is 15.7. The minimum Gasteiger partial charge on any atom is -0.493 e. The van der Waals surface area contributed by atoms with Crippen molar-refractivity contribution in [1.82, 2.24) is 0 Å². The van der Waals surface area contributed by atoms with Gasteiger partial charge in [0.2, 0.25) is 0 Å². The van der Waals surface area contributed by atoms with E-state index in [4.69, 9.17) is 9.47 Å². The molecule has 0 spiro atoms. The topological polar surface area (TPSA) is 35.5 Å². The van der Waals surface area contributed by atoms with Gasteiger partial charge in [0, 0.05) is 11.8 Å². The minimum absolute atomic E-state index is 0.199. The van der Waals surface area contributed by atoms with E-state index in [1.807, 2.05) is 43.3 Å². The van der Waals surface area contributed by atoms with Gasteiger partial charge in [-0.25, -0.2) is 4.79 Å². The third-order valence-corrected chi connectivity index (χ3v) is 4.63. The number of halogens is 3. The van der Waals surface area contributed by atoms with Crippen LogP contribution in [0.5, 0.6) is 5.75 Å². The van der Waals surface area contributed by atoms with E-state index in [0.29, 0.717) is 6.42 Å². The number of hydrogen-bond acceptors (Lipinski definition) is 3. The molecule has 0 N–H and O–H groups in total. The minimum atomic E-state index is -4.80. The monoisotopic (exact) mass is 380 g/mol. The average Bonchev–Trinajstić information content (AvgIpc) is 2.62. The van der Waals surface area contributed by atoms with Gasteiger partial charge in [0.15, 0.2) is 0 Å². The number of aryl methyl sites for hydroxylation is 1. The van der Waals surface area contributed by atoms with Crippen LogP contribution in [0.15, 0.2) is 48.6 Å². The van der Waals surface area contributed by atoms with E-state index in [2.05, 4.69) is 6.58 Å². The summed E-state index contributed by atoms with van der Waals surface area (Å²) in [5.41, 5.74) is -1.63. The Bertz CT molecular complexity index is 842. The first-order valence-electron chi connectivity index (χ1n) is 8.68. The van der Waals surface area contributed by atoms with Crippen LogP contribution in [0.2, 0.25) is 0 Å². The molecule has 27 heavy (non-hydrogen) atoms. The van der Waals surface area contributed by atoms with Crippen molar-refractivity contribution in [2.75, 3.05) is 6.61 Å². The van der Waals surface area contributed by atoms with Gasteiger partial charge >= 0.3 is 12.1 Å². The van der Waals surface area contributed by atoms with Gasteiger partial charge in [-0.15, -0.1) is 0 Å². The average molecular weight is 380 g/mol. The second-order valence-electron chi connectivity index (χ2n) is 6.70. The van der Waals surface area contributed by atoms with Gasteiger partial charge < -0.3 is 9.47 Å². The van der Waals surface area contributed by atoms with E-state index in [9.17, 15) is 18.0 Å².